The van der Waals surface area contributed by atoms with Crippen LogP contribution in [0.1, 0.15) is 5.56 Å². The lowest BCUT2D eigenvalue weighted by Crippen LogP contribution is -2.47. The van der Waals surface area contributed by atoms with Gasteiger partial charge >= 0.3 is 0 Å². The molecule has 1 aliphatic rings. The largest absolute Gasteiger partial charge is 0.399 e. The van der Waals surface area contributed by atoms with E-state index in [4.69, 9.17) is 10.7 Å². The maximum Gasteiger partial charge on any atom is 0.225 e. The molecule has 1 fully saturated rings. The lowest BCUT2D eigenvalue weighted by Gasteiger charge is -2.35. The molecule has 6 nitrogen and oxygen atoms in total. The molecule has 0 radical (unpaired) electrons. The maximum atomic E-state index is 5.89. The smallest absolute Gasteiger partial charge is 0.225 e. The van der Waals surface area contributed by atoms with Crippen LogP contribution in [-0.2, 0) is 0 Å². The van der Waals surface area contributed by atoms with Crippen LogP contribution >= 0.6 is 0 Å². The molecule has 0 unspecified atom stereocenters. The van der Waals surface area contributed by atoms with Gasteiger partial charge in [0, 0.05) is 49.6 Å². The van der Waals surface area contributed by atoms with Crippen LogP contribution in [0.3, 0.4) is 0 Å². The molecule has 24 heavy (non-hydrogen) atoms. The Morgan fingerprint density at radius 2 is 1.67 bits per heavy atom. The number of benzene rings is 1. The van der Waals surface area contributed by atoms with Gasteiger partial charge in [-0.1, -0.05) is 0 Å². The number of nitrogens with two attached hydrogens (primary N) is 1. The van der Waals surface area contributed by atoms with Crippen LogP contribution in [0.2, 0.25) is 0 Å². The van der Waals surface area contributed by atoms with E-state index in [9.17, 15) is 0 Å². The van der Waals surface area contributed by atoms with Crippen molar-refractivity contribution in [2.75, 3.05) is 41.7 Å². The Morgan fingerprint density at radius 3 is 2.42 bits per heavy atom. The number of hydrogen-bond donors (Lipinski definition) is 1. The van der Waals surface area contributed by atoms with Crippen molar-refractivity contribution < 1.29 is 0 Å². The summed E-state index contributed by atoms with van der Waals surface area (Å²) in [5.74, 6) is 1.83. The molecule has 0 atom stereocenters. The van der Waals surface area contributed by atoms with Crippen molar-refractivity contribution in [1.29, 1.82) is 0 Å². The number of fused-ring (bicyclic) bond motifs is 1. The molecule has 0 amide bonds. The van der Waals surface area contributed by atoms with Crippen molar-refractivity contribution in [3.05, 3.63) is 48.3 Å². The van der Waals surface area contributed by atoms with Gasteiger partial charge in [0.15, 0.2) is 0 Å². The second kappa shape index (κ2) is 5.96. The summed E-state index contributed by atoms with van der Waals surface area (Å²) in [6.45, 7) is 5.71. The molecule has 1 saturated heterocycles. The standard InChI is InChI=1S/C18H20N6/c1-13-11-17(22-16-4-3-14(19)12-15(13)16)23-7-9-24(10-8-23)18-20-5-2-6-21-18/h2-6,11-12H,7-10,19H2,1H3. The Labute approximate surface area is 141 Å². The SMILES string of the molecule is Cc1cc(N2CCN(c3ncccn3)CC2)nc2ccc(N)cc12. The second-order valence-electron chi connectivity index (χ2n) is 6.10. The molecule has 122 valence electrons. The summed E-state index contributed by atoms with van der Waals surface area (Å²) in [5.41, 5.74) is 8.86. The Hall–Kier alpha value is -2.89. The van der Waals surface area contributed by atoms with E-state index in [-0.39, 0.29) is 0 Å². The molecule has 0 saturated carbocycles. The number of nitrogen functional groups attached to an aromatic ring is 1. The van der Waals surface area contributed by atoms with Crippen molar-refractivity contribution in [1.82, 2.24) is 15.0 Å². The van der Waals surface area contributed by atoms with Crippen LogP contribution in [0.15, 0.2) is 42.7 Å². The van der Waals surface area contributed by atoms with Gasteiger partial charge in [-0.2, -0.15) is 0 Å². The van der Waals surface area contributed by atoms with E-state index < -0.39 is 0 Å². The summed E-state index contributed by atoms with van der Waals surface area (Å²) in [5, 5.41) is 1.12. The third-order valence-corrected chi connectivity index (χ3v) is 4.46. The maximum absolute atomic E-state index is 5.89. The summed E-state index contributed by atoms with van der Waals surface area (Å²) in [6.07, 6.45) is 3.57. The Bertz CT molecular complexity index is 856. The normalized spacial score (nSPS) is 15.0. The predicted molar refractivity (Wildman–Crippen MR) is 97.4 cm³/mol. The number of nitrogens with zero attached hydrogens (tertiary/aromatic N) is 5. The first-order chi connectivity index (χ1) is 11.7. The van der Waals surface area contributed by atoms with E-state index in [1.165, 1.54) is 5.56 Å². The van der Waals surface area contributed by atoms with E-state index in [0.29, 0.717) is 0 Å². The summed E-state index contributed by atoms with van der Waals surface area (Å²) in [7, 11) is 0. The average Bonchev–Trinajstić information content (AvgIpc) is 2.63. The van der Waals surface area contributed by atoms with E-state index in [0.717, 1.165) is 54.5 Å². The first-order valence-corrected chi connectivity index (χ1v) is 8.14. The van der Waals surface area contributed by atoms with Gasteiger partial charge in [-0.15, -0.1) is 0 Å². The zero-order valence-corrected chi connectivity index (χ0v) is 13.7. The van der Waals surface area contributed by atoms with Gasteiger partial charge in [-0.05, 0) is 42.8 Å². The number of piperazine rings is 1. The van der Waals surface area contributed by atoms with Crippen LogP contribution in [0.25, 0.3) is 10.9 Å². The highest BCUT2D eigenvalue weighted by atomic mass is 15.3. The van der Waals surface area contributed by atoms with Gasteiger partial charge in [-0.25, -0.2) is 15.0 Å². The Kier molecular flexibility index (Phi) is 3.65. The summed E-state index contributed by atoms with van der Waals surface area (Å²) in [6, 6.07) is 9.88. The van der Waals surface area contributed by atoms with E-state index >= 15 is 0 Å². The lowest BCUT2D eigenvalue weighted by atomic mass is 10.1. The zero-order valence-electron chi connectivity index (χ0n) is 13.7. The van der Waals surface area contributed by atoms with Crippen LogP contribution < -0.4 is 15.5 Å². The van der Waals surface area contributed by atoms with Crippen molar-refractivity contribution in [3.63, 3.8) is 0 Å². The minimum absolute atomic E-state index is 0.775. The minimum atomic E-state index is 0.775. The number of hydrogen-bond acceptors (Lipinski definition) is 6. The van der Waals surface area contributed by atoms with Gasteiger partial charge in [0.2, 0.25) is 5.95 Å². The highest BCUT2D eigenvalue weighted by Crippen LogP contribution is 2.25. The molecule has 1 aromatic carbocycles. The quantitative estimate of drug-likeness (QED) is 0.730. The third kappa shape index (κ3) is 2.71. The van der Waals surface area contributed by atoms with Crippen LogP contribution in [0, 0.1) is 6.92 Å². The molecule has 0 bridgehead atoms. The van der Waals surface area contributed by atoms with Crippen LogP contribution in [0.4, 0.5) is 17.5 Å². The molecule has 1 aliphatic heterocycles. The first-order valence-electron chi connectivity index (χ1n) is 8.14. The van der Waals surface area contributed by atoms with Crippen molar-refractivity contribution in [2.45, 2.75) is 6.92 Å². The molecule has 6 heteroatoms. The van der Waals surface area contributed by atoms with E-state index in [2.05, 4.69) is 32.8 Å². The highest BCUT2D eigenvalue weighted by Gasteiger charge is 2.20. The number of aromatic nitrogens is 3. The Morgan fingerprint density at radius 1 is 0.958 bits per heavy atom. The number of pyridine rings is 1. The molecular weight excluding hydrogens is 300 g/mol. The number of aryl methyl sites for hydroxylation is 1. The van der Waals surface area contributed by atoms with Crippen LogP contribution in [0.5, 0.6) is 0 Å². The van der Waals surface area contributed by atoms with Gasteiger partial charge < -0.3 is 15.5 Å². The van der Waals surface area contributed by atoms with Gasteiger partial charge in [0.1, 0.15) is 5.82 Å². The van der Waals surface area contributed by atoms with E-state index in [1.54, 1.807) is 12.4 Å². The molecule has 2 aromatic heterocycles. The molecular formula is C18H20N6. The summed E-state index contributed by atoms with van der Waals surface area (Å²) in [4.78, 5) is 18.0. The topological polar surface area (TPSA) is 71.2 Å². The molecule has 2 N–H and O–H groups in total. The fourth-order valence-electron chi connectivity index (χ4n) is 3.15. The second-order valence-corrected chi connectivity index (χ2v) is 6.10. The lowest BCUT2D eigenvalue weighted by molar-refractivity contribution is 0.635. The van der Waals surface area contributed by atoms with Gasteiger partial charge in [0.25, 0.3) is 0 Å². The molecule has 0 spiro atoms. The fraction of sp³-hybridized carbons (Fsp3) is 0.278. The van der Waals surface area contributed by atoms with Crippen molar-refractivity contribution in [3.8, 4) is 0 Å². The summed E-state index contributed by atoms with van der Waals surface area (Å²) < 4.78 is 0. The average molecular weight is 320 g/mol. The van der Waals surface area contributed by atoms with Gasteiger partial charge in [-0.3, -0.25) is 0 Å². The Balaban J connectivity index is 1.55. The number of rotatable bonds is 2. The molecule has 0 aliphatic carbocycles. The highest BCUT2D eigenvalue weighted by molar-refractivity contribution is 5.86. The first kappa shape index (κ1) is 14.7. The molecule has 4 rings (SSSR count). The van der Waals surface area contributed by atoms with Crippen molar-refractivity contribution >= 4 is 28.4 Å². The van der Waals surface area contributed by atoms with Crippen LogP contribution in [-0.4, -0.2) is 41.1 Å². The molecule has 3 heterocycles. The minimum Gasteiger partial charge on any atom is -0.399 e. The van der Waals surface area contributed by atoms with Crippen molar-refractivity contribution in [2.24, 2.45) is 0 Å². The zero-order chi connectivity index (χ0) is 16.5. The summed E-state index contributed by atoms with van der Waals surface area (Å²) >= 11 is 0. The van der Waals surface area contributed by atoms with Gasteiger partial charge in [0.05, 0.1) is 5.52 Å². The number of anilines is 3. The monoisotopic (exact) mass is 320 g/mol. The third-order valence-electron chi connectivity index (χ3n) is 4.46. The molecule has 3 aromatic rings. The predicted octanol–water partition coefficient (Wildman–Crippen LogP) is 2.24. The van der Waals surface area contributed by atoms with E-state index in [1.807, 2.05) is 24.3 Å². The fourth-order valence-corrected chi connectivity index (χ4v) is 3.15.